The maximum Gasteiger partial charge on any atom is 0.421 e. The van der Waals surface area contributed by atoms with Crippen molar-refractivity contribution in [3.63, 3.8) is 0 Å². The van der Waals surface area contributed by atoms with E-state index in [0.29, 0.717) is 12.1 Å². The van der Waals surface area contributed by atoms with Crippen LogP contribution < -0.4 is 0 Å². The van der Waals surface area contributed by atoms with Crippen molar-refractivity contribution in [1.82, 2.24) is 24.6 Å². The van der Waals surface area contributed by atoms with E-state index in [-0.39, 0.29) is 16.8 Å². The molecule has 0 aliphatic heterocycles. The molecule has 0 spiro atoms. The number of hydrogen-bond acceptors (Lipinski definition) is 4. The molecule has 0 saturated heterocycles. The Kier molecular flexibility index (Phi) is 4.85. The highest BCUT2D eigenvalue weighted by Crippen LogP contribution is 2.39. The number of fused-ring (bicyclic) bond motifs is 1. The van der Waals surface area contributed by atoms with Crippen molar-refractivity contribution in [2.24, 2.45) is 0 Å². The van der Waals surface area contributed by atoms with Crippen LogP contribution in [0.25, 0.3) is 16.9 Å². The Morgan fingerprint density at radius 1 is 0.806 bits per heavy atom. The summed E-state index contributed by atoms with van der Waals surface area (Å²) in [5.74, 6) is 4.99. The standard InChI is InChI=1S/C20H9F6N5/c21-19(22,23)14-4-2-13(3-5-14)18-17(20(24,25)26)15(31-16(30-18)7-8-29-31)6-1-12-9-27-11-28-10-12/h2-5,7-11H. The fourth-order valence-corrected chi connectivity index (χ4v) is 2.85. The van der Waals surface area contributed by atoms with Gasteiger partial charge in [-0.05, 0) is 18.1 Å². The third-order valence-electron chi connectivity index (χ3n) is 4.19. The zero-order valence-corrected chi connectivity index (χ0v) is 15.2. The van der Waals surface area contributed by atoms with Gasteiger partial charge in [0.25, 0.3) is 0 Å². The van der Waals surface area contributed by atoms with E-state index in [1.807, 2.05) is 0 Å². The summed E-state index contributed by atoms with van der Waals surface area (Å²) in [4.78, 5) is 11.5. The highest BCUT2D eigenvalue weighted by molar-refractivity contribution is 5.70. The molecule has 3 heterocycles. The van der Waals surface area contributed by atoms with Gasteiger partial charge in [0.05, 0.1) is 23.0 Å². The lowest BCUT2D eigenvalue weighted by Crippen LogP contribution is -2.16. The summed E-state index contributed by atoms with van der Waals surface area (Å²) in [6.45, 7) is 0. The summed E-state index contributed by atoms with van der Waals surface area (Å²) >= 11 is 0. The molecular weight excluding hydrogens is 424 g/mol. The smallest absolute Gasteiger partial charge is 0.244 e. The van der Waals surface area contributed by atoms with Crippen molar-refractivity contribution < 1.29 is 26.3 Å². The summed E-state index contributed by atoms with van der Waals surface area (Å²) in [6, 6.07) is 4.64. The van der Waals surface area contributed by atoms with E-state index in [1.54, 1.807) is 0 Å². The first-order chi connectivity index (χ1) is 14.6. The van der Waals surface area contributed by atoms with Crippen LogP contribution in [0.1, 0.15) is 22.4 Å². The fourth-order valence-electron chi connectivity index (χ4n) is 2.85. The topological polar surface area (TPSA) is 56.0 Å². The van der Waals surface area contributed by atoms with Gasteiger partial charge in [-0.25, -0.2) is 19.5 Å². The molecule has 1 aromatic carbocycles. The van der Waals surface area contributed by atoms with Crippen molar-refractivity contribution in [2.45, 2.75) is 12.4 Å². The number of halogens is 6. The molecular formula is C20H9F6N5. The summed E-state index contributed by atoms with van der Waals surface area (Å²) in [6.07, 6.45) is -4.40. The van der Waals surface area contributed by atoms with Crippen LogP contribution in [-0.4, -0.2) is 24.6 Å². The molecule has 0 atom stereocenters. The van der Waals surface area contributed by atoms with Crippen LogP contribution in [0.3, 0.4) is 0 Å². The third-order valence-corrected chi connectivity index (χ3v) is 4.19. The van der Waals surface area contributed by atoms with Gasteiger partial charge in [-0.3, -0.25) is 0 Å². The summed E-state index contributed by atoms with van der Waals surface area (Å²) < 4.78 is 81.7. The molecule has 4 aromatic rings. The first-order valence-electron chi connectivity index (χ1n) is 8.54. The Balaban J connectivity index is 1.97. The lowest BCUT2D eigenvalue weighted by Gasteiger charge is -2.16. The van der Waals surface area contributed by atoms with Gasteiger partial charge in [0.2, 0.25) is 0 Å². The molecule has 0 fully saturated rings. The molecule has 4 rings (SSSR count). The zero-order chi connectivity index (χ0) is 22.2. The Morgan fingerprint density at radius 3 is 2.10 bits per heavy atom. The average molecular weight is 433 g/mol. The minimum atomic E-state index is -4.91. The molecule has 0 unspecified atom stereocenters. The molecule has 0 N–H and O–H groups in total. The maximum atomic E-state index is 14.1. The van der Waals surface area contributed by atoms with Crippen LogP contribution in [-0.2, 0) is 12.4 Å². The van der Waals surface area contributed by atoms with Gasteiger partial charge in [-0.1, -0.05) is 18.1 Å². The predicted octanol–water partition coefficient (Wildman–Crippen LogP) is 4.62. The largest absolute Gasteiger partial charge is 0.421 e. The van der Waals surface area contributed by atoms with E-state index < -0.39 is 34.9 Å². The van der Waals surface area contributed by atoms with Crippen molar-refractivity contribution in [3.05, 3.63) is 77.6 Å². The summed E-state index contributed by atoms with van der Waals surface area (Å²) in [5.41, 5.74) is -3.09. The van der Waals surface area contributed by atoms with Crippen LogP contribution >= 0.6 is 0 Å². The molecule has 0 bridgehead atoms. The molecule has 0 saturated carbocycles. The maximum absolute atomic E-state index is 14.1. The van der Waals surface area contributed by atoms with E-state index in [0.717, 1.165) is 16.6 Å². The second-order valence-electron chi connectivity index (χ2n) is 6.24. The van der Waals surface area contributed by atoms with E-state index >= 15 is 0 Å². The molecule has 31 heavy (non-hydrogen) atoms. The normalized spacial score (nSPS) is 11.9. The highest BCUT2D eigenvalue weighted by atomic mass is 19.4. The molecule has 156 valence electrons. The van der Waals surface area contributed by atoms with Gasteiger partial charge in [0.1, 0.15) is 17.6 Å². The number of rotatable bonds is 1. The Bertz CT molecular complexity index is 1300. The molecule has 0 radical (unpaired) electrons. The number of benzene rings is 1. The van der Waals surface area contributed by atoms with Crippen molar-refractivity contribution >= 4 is 5.65 Å². The number of aromatic nitrogens is 5. The Labute approximate surface area is 170 Å². The lowest BCUT2D eigenvalue weighted by molar-refractivity contribution is -0.138. The van der Waals surface area contributed by atoms with E-state index in [4.69, 9.17) is 0 Å². The molecule has 11 heteroatoms. The quantitative estimate of drug-likeness (QED) is 0.325. The van der Waals surface area contributed by atoms with Crippen molar-refractivity contribution in [2.75, 3.05) is 0 Å². The first-order valence-corrected chi connectivity index (χ1v) is 8.54. The fraction of sp³-hybridized carbons (Fsp3) is 0.100. The van der Waals surface area contributed by atoms with E-state index in [9.17, 15) is 26.3 Å². The molecule has 5 nitrogen and oxygen atoms in total. The third kappa shape index (κ3) is 4.05. The van der Waals surface area contributed by atoms with Gasteiger partial charge in [0, 0.05) is 24.0 Å². The second-order valence-corrected chi connectivity index (χ2v) is 6.24. The summed E-state index contributed by atoms with van der Waals surface area (Å²) in [7, 11) is 0. The SMILES string of the molecule is FC(F)(F)c1ccc(-c2nc3ccnn3c(C#Cc3cncnc3)c2C(F)(F)F)cc1. The van der Waals surface area contributed by atoms with Crippen molar-refractivity contribution in [1.29, 1.82) is 0 Å². The highest BCUT2D eigenvalue weighted by Gasteiger charge is 2.39. The zero-order valence-electron chi connectivity index (χ0n) is 15.2. The van der Waals surface area contributed by atoms with E-state index in [2.05, 4.69) is 31.9 Å². The Hall–Kier alpha value is -3.94. The minimum Gasteiger partial charge on any atom is -0.244 e. The minimum absolute atomic E-state index is 0.0523. The van der Waals surface area contributed by atoms with Crippen molar-refractivity contribution in [3.8, 4) is 23.1 Å². The number of nitrogens with zero attached hydrogens (tertiary/aromatic N) is 5. The van der Waals surface area contributed by atoms with Crippen LogP contribution in [0, 0.1) is 11.8 Å². The van der Waals surface area contributed by atoms with Gasteiger partial charge < -0.3 is 0 Å². The van der Waals surface area contributed by atoms with Gasteiger partial charge in [-0.2, -0.15) is 31.4 Å². The lowest BCUT2D eigenvalue weighted by atomic mass is 10.0. The number of hydrogen-bond donors (Lipinski definition) is 0. The van der Waals surface area contributed by atoms with Crippen LogP contribution in [0.15, 0.2) is 55.2 Å². The first kappa shape index (κ1) is 20.3. The Morgan fingerprint density at radius 2 is 1.48 bits per heavy atom. The predicted molar refractivity (Wildman–Crippen MR) is 96.4 cm³/mol. The van der Waals surface area contributed by atoms with E-state index in [1.165, 1.54) is 31.0 Å². The monoisotopic (exact) mass is 433 g/mol. The molecule has 0 amide bonds. The summed E-state index contributed by atoms with van der Waals surface area (Å²) in [5, 5.41) is 3.86. The van der Waals surface area contributed by atoms with Gasteiger partial charge in [0.15, 0.2) is 5.65 Å². The molecule has 3 aromatic heterocycles. The van der Waals surface area contributed by atoms with Crippen LogP contribution in [0.2, 0.25) is 0 Å². The van der Waals surface area contributed by atoms with Gasteiger partial charge >= 0.3 is 12.4 Å². The van der Waals surface area contributed by atoms with Gasteiger partial charge in [-0.15, -0.1) is 0 Å². The van der Waals surface area contributed by atoms with Crippen LogP contribution in [0.4, 0.5) is 26.3 Å². The number of alkyl halides is 6. The average Bonchev–Trinajstić information content (AvgIpc) is 3.19. The molecule has 0 aliphatic carbocycles. The molecule has 0 aliphatic rings. The second kappa shape index (κ2) is 7.39. The van der Waals surface area contributed by atoms with Crippen LogP contribution in [0.5, 0.6) is 0 Å².